The third-order valence-electron chi connectivity index (χ3n) is 2.20. The molecule has 0 aliphatic heterocycles. The molecule has 0 fully saturated rings. The molecule has 0 saturated heterocycles. The lowest BCUT2D eigenvalue weighted by Crippen LogP contribution is -2.16. The highest BCUT2D eigenvalue weighted by molar-refractivity contribution is 9.10. The first-order valence-corrected chi connectivity index (χ1v) is 7.31. The van der Waals surface area contributed by atoms with Gasteiger partial charge in [-0.25, -0.2) is 0 Å². The van der Waals surface area contributed by atoms with Crippen LogP contribution in [0.2, 0.25) is 0 Å². The van der Waals surface area contributed by atoms with Gasteiger partial charge in [-0.1, -0.05) is 6.07 Å². The molecule has 0 radical (unpaired) electrons. The molecule has 0 saturated carbocycles. The van der Waals surface area contributed by atoms with Gasteiger partial charge in [0, 0.05) is 26.8 Å². The van der Waals surface area contributed by atoms with Crippen LogP contribution in [-0.4, -0.2) is 0 Å². The van der Waals surface area contributed by atoms with Gasteiger partial charge in [-0.3, -0.25) is 0 Å². The summed E-state index contributed by atoms with van der Waals surface area (Å²) in [6.45, 7) is 3.15. The second-order valence-electron chi connectivity index (χ2n) is 3.31. The standard InChI is InChI=1S/C11H12BrNS2/c1-8(11-10(12)4-6-15-11)13-7-9-3-2-5-14-9/h2-6,8,13H,7H2,1H3. The van der Waals surface area contributed by atoms with E-state index in [9.17, 15) is 0 Å². The molecular formula is C11H12BrNS2. The maximum Gasteiger partial charge on any atom is 0.0400 e. The highest BCUT2D eigenvalue weighted by Gasteiger charge is 2.09. The molecule has 1 nitrogen and oxygen atoms in total. The third kappa shape index (κ3) is 2.91. The Balaban J connectivity index is 1.93. The van der Waals surface area contributed by atoms with E-state index in [1.54, 1.807) is 22.7 Å². The fraction of sp³-hybridized carbons (Fsp3) is 0.273. The van der Waals surface area contributed by atoms with Gasteiger partial charge < -0.3 is 5.32 Å². The lowest BCUT2D eigenvalue weighted by molar-refractivity contribution is 0.585. The average Bonchev–Trinajstić information content (AvgIpc) is 2.84. The van der Waals surface area contributed by atoms with Crippen LogP contribution >= 0.6 is 38.6 Å². The van der Waals surface area contributed by atoms with Crippen LogP contribution in [0.1, 0.15) is 22.7 Å². The van der Waals surface area contributed by atoms with E-state index in [4.69, 9.17) is 0 Å². The van der Waals surface area contributed by atoms with Crippen molar-refractivity contribution in [2.24, 2.45) is 0 Å². The summed E-state index contributed by atoms with van der Waals surface area (Å²) in [4.78, 5) is 2.75. The van der Waals surface area contributed by atoms with Crippen LogP contribution in [0, 0.1) is 0 Å². The summed E-state index contributed by atoms with van der Waals surface area (Å²) in [6, 6.07) is 6.76. The first-order chi connectivity index (χ1) is 7.27. The molecule has 0 bridgehead atoms. The van der Waals surface area contributed by atoms with Gasteiger partial charge in [0.25, 0.3) is 0 Å². The van der Waals surface area contributed by atoms with E-state index in [1.807, 2.05) is 0 Å². The van der Waals surface area contributed by atoms with Crippen molar-refractivity contribution in [3.05, 3.63) is 43.2 Å². The van der Waals surface area contributed by atoms with Crippen molar-refractivity contribution in [3.63, 3.8) is 0 Å². The summed E-state index contributed by atoms with van der Waals surface area (Å²) in [6.07, 6.45) is 0. The predicted molar refractivity (Wildman–Crippen MR) is 71.6 cm³/mol. The first-order valence-electron chi connectivity index (χ1n) is 4.76. The third-order valence-corrected chi connectivity index (χ3v) is 5.13. The zero-order chi connectivity index (χ0) is 10.7. The monoisotopic (exact) mass is 301 g/mol. The Morgan fingerprint density at radius 1 is 1.33 bits per heavy atom. The molecule has 2 rings (SSSR count). The molecule has 1 unspecified atom stereocenters. The lowest BCUT2D eigenvalue weighted by Gasteiger charge is -2.11. The second-order valence-corrected chi connectivity index (χ2v) is 6.15. The number of halogens is 1. The zero-order valence-electron chi connectivity index (χ0n) is 8.37. The predicted octanol–water partition coefficient (Wildman–Crippen LogP) is 4.42. The molecule has 0 amide bonds. The van der Waals surface area contributed by atoms with Gasteiger partial charge in [-0.2, -0.15) is 0 Å². The molecule has 0 aliphatic rings. The Morgan fingerprint density at radius 2 is 2.20 bits per heavy atom. The van der Waals surface area contributed by atoms with Crippen LogP contribution in [0.3, 0.4) is 0 Å². The number of hydrogen-bond donors (Lipinski definition) is 1. The number of hydrogen-bond acceptors (Lipinski definition) is 3. The molecule has 2 aromatic heterocycles. The number of thiophene rings is 2. The van der Waals surface area contributed by atoms with Gasteiger partial charge >= 0.3 is 0 Å². The SMILES string of the molecule is CC(NCc1cccs1)c1sccc1Br. The zero-order valence-corrected chi connectivity index (χ0v) is 11.6. The highest BCUT2D eigenvalue weighted by atomic mass is 79.9. The van der Waals surface area contributed by atoms with Crippen LogP contribution in [-0.2, 0) is 6.54 Å². The molecule has 1 atom stereocenters. The van der Waals surface area contributed by atoms with E-state index in [0.29, 0.717) is 6.04 Å². The highest BCUT2D eigenvalue weighted by Crippen LogP contribution is 2.28. The molecule has 0 spiro atoms. The van der Waals surface area contributed by atoms with E-state index in [1.165, 1.54) is 14.2 Å². The first kappa shape index (κ1) is 11.3. The van der Waals surface area contributed by atoms with Crippen molar-refractivity contribution in [1.29, 1.82) is 0 Å². The van der Waals surface area contributed by atoms with Gasteiger partial charge in [0.05, 0.1) is 0 Å². The summed E-state index contributed by atoms with van der Waals surface area (Å²) in [7, 11) is 0. The van der Waals surface area contributed by atoms with Crippen molar-refractivity contribution >= 4 is 38.6 Å². The summed E-state index contributed by atoms with van der Waals surface area (Å²) in [5, 5.41) is 7.75. The second kappa shape index (κ2) is 5.25. The smallest absolute Gasteiger partial charge is 0.0400 e. The number of rotatable bonds is 4. The molecule has 2 heterocycles. The van der Waals surface area contributed by atoms with E-state index in [0.717, 1.165) is 6.54 Å². The largest absolute Gasteiger partial charge is 0.305 e. The molecular weight excluding hydrogens is 290 g/mol. The summed E-state index contributed by atoms with van der Waals surface area (Å²) in [5.41, 5.74) is 0. The van der Waals surface area contributed by atoms with Crippen LogP contribution in [0.5, 0.6) is 0 Å². The van der Waals surface area contributed by atoms with Crippen molar-refractivity contribution in [1.82, 2.24) is 5.32 Å². The Labute approximate surface area is 106 Å². The van der Waals surface area contributed by atoms with Gasteiger partial charge in [-0.05, 0) is 45.7 Å². The molecule has 4 heteroatoms. The topological polar surface area (TPSA) is 12.0 Å². The van der Waals surface area contributed by atoms with Gasteiger partial charge in [-0.15, -0.1) is 22.7 Å². The van der Waals surface area contributed by atoms with Crippen LogP contribution < -0.4 is 5.32 Å². The minimum atomic E-state index is 0.404. The van der Waals surface area contributed by atoms with Gasteiger partial charge in [0.1, 0.15) is 0 Å². The Kier molecular flexibility index (Phi) is 3.97. The number of nitrogens with one attached hydrogen (secondary N) is 1. The molecule has 1 N–H and O–H groups in total. The molecule has 15 heavy (non-hydrogen) atoms. The summed E-state index contributed by atoms with van der Waals surface area (Å²) in [5.74, 6) is 0. The molecule has 0 aromatic carbocycles. The minimum absolute atomic E-state index is 0.404. The summed E-state index contributed by atoms with van der Waals surface area (Å²) >= 11 is 7.14. The summed E-state index contributed by atoms with van der Waals surface area (Å²) < 4.78 is 1.21. The molecule has 0 aliphatic carbocycles. The van der Waals surface area contributed by atoms with Crippen molar-refractivity contribution in [2.45, 2.75) is 19.5 Å². The van der Waals surface area contributed by atoms with Crippen LogP contribution in [0.25, 0.3) is 0 Å². The van der Waals surface area contributed by atoms with Crippen molar-refractivity contribution < 1.29 is 0 Å². The van der Waals surface area contributed by atoms with Gasteiger partial charge in [0.15, 0.2) is 0 Å². The Morgan fingerprint density at radius 3 is 2.80 bits per heavy atom. The lowest BCUT2D eigenvalue weighted by atomic mass is 10.2. The Bertz CT molecular complexity index is 408. The maximum absolute atomic E-state index is 3.56. The minimum Gasteiger partial charge on any atom is -0.305 e. The van der Waals surface area contributed by atoms with Crippen molar-refractivity contribution in [3.8, 4) is 0 Å². The quantitative estimate of drug-likeness (QED) is 0.881. The normalized spacial score (nSPS) is 12.9. The fourth-order valence-corrected chi connectivity index (χ4v) is 3.78. The molecule has 80 valence electrons. The Hall–Kier alpha value is -0.160. The van der Waals surface area contributed by atoms with E-state index in [-0.39, 0.29) is 0 Å². The molecule has 2 aromatic rings. The van der Waals surface area contributed by atoms with E-state index >= 15 is 0 Å². The van der Waals surface area contributed by atoms with E-state index < -0.39 is 0 Å². The van der Waals surface area contributed by atoms with Crippen LogP contribution in [0.4, 0.5) is 0 Å². The van der Waals surface area contributed by atoms with E-state index in [2.05, 4.69) is 57.1 Å². The maximum atomic E-state index is 3.56. The van der Waals surface area contributed by atoms with Crippen LogP contribution in [0.15, 0.2) is 33.4 Å². The average molecular weight is 302 g/mol. The van der Waals surface area contributed by atoms with Crippen molar-refractivity contribution in [2.75, 3.05) is 0 Å². The van der Waals surface area contributed by atoms with Gasteiger partial charge in [0.2, 0.25) is 0 Å². The fourth-order valence-electron chi connectivity index (χ4n) is 1.37.